The van der Waals surface area contributed by atoms with E-state index in [1.807, 2.05) is 0 Å². The molecule has 1 fully saturated rings. The molecular weight excluding hydrogens is 230 g/mol. The zero-order chi connectivity index (χ0) is 13.5. The van der Waals surface area contributed by atoms with Crippen LogP contribution >= 0.6 is 0 Å². The van der Waals surface area contributed by atoms with Crippen molar-refractivity contribution in [2.24, 2.45) is 0 Å². The molecule has 0 unspecified atom stereocenters. The van der Waals surface area contributed by atoms with Gasteiger partial charge in [-0.2, -0.15) is 0 Å². The Kier molecular flexibility index (Phi) is 5.91. The smallest absolute Gasteiger partial charge is 0.00682 e. The van der Waals surface area contributed by atoms with Gasteiger partial charge in [0.15, 0.2) is 0 Å². The molecule has 19 heavy (non-hydrogen) atoms. The molecule has 1 aromatic carbocycles. The molecule has 1 N–H and O–H groups in total. The Morgan fingerprint density at radius 3 is 2.53 bits per heavy atom. The standard InChI is InChI=1S/C18H29N/c1-3-15-9-10-16(4-2)17(14-15)8-6-5-7-13-19-18-11-12-18/h9-10,14,18-19H,3-8,11-13H2,1-2H3. The Bertz CT molecular complexity index is 379. The SMILES string of the molecule is CCc1ccc(CC)c(CCCCCNC2CC2)c1. The van der Waals surface area contributed by atoms with Crippen molar-refractivity contribution in [3.05, 3.63) is 34.9 Å². The maximum absolute atomic E-state index is 3.60. The third-order valence-corrected chi connectivity index (χ3v) is 4.19. The Morgan fingerprint density at radius 2 is 1.84 bits per heavy atom. The lowest BCUT2D eigenvalue weighted by molar-refractivity contribution is 0.599. The molecule has 0 spiro atoms. The summed E-state index contributed by atoms with van der Waals surface area (Å²) < 4.78 is 0. The van der Waals surface area contributed by atoms with Crippen LogP contribution in [0, 0.1) is 0 Å². The summed E-state index contributed by atoms with van der Waals surface area (Å²) in [4.78, 5) is 0. The summed E-state index contributed by atoms with van der Waals surface area (Å²) in [5, 5.41) is 3.60. The van der Waals surface area contributed by atoms with E-state index in [9.17, 15) is 0 Å². The van der Waals surface area contributed by atoms with Crippen molar-refractivity contribution in [3.8, 4) is 0 Å². The van der Waals surface area contributed by atoms with Crippen LogP contribution in [-0.2, 0) is 19.3 Å². The van der Waals surface area contributed by atoms with Gasteiger partial charge >= 0.3 is 0 Å². The van der Waals surface area contributed by atoms with E-state index in [0.29, 0.717) is 0 Å². The number of hydrogen-bond donors (Lipinski definition) is 1. The molecule has 0 atom stereocenters. The van der Waals surface area contributed by atoms with Crippen LogP contribution in [0.3, 0.4) is 0 Å². The summed E-state index contributed by atoms with van der Waals surface area (Å²) in [7, 11) is 0. The minimum Gasteiger partial charge on any atom is -0.314 e. The summed E-state index contributed by atoms with van der Waals surface area (Å²) in [6.45, 7) is 5.73. The predicted octanol–water partition coefficient (Wildman–Crippen LogP) is 4.28. The van der Waals surface area contributed by atoms with E-state index in [-0.39, 0.29) is 0 Å². The lowest BCUT2D eigenvalue weighted by Gasteiger charge is -2.10. The highest BCUT2D eigenvalue weighted by Gasteiger charge is 2.19. The van der Waals surface area contributed by atoms with Gasteiger partial charge < -0.3 is 5.32 Å². The first-order valence-corrected chi connectivity index (χ1v) is 8.17. The maximum Gasteiger partial charge on any atom is 0.00682 e. The van der Waals surface area contributed by atoms with Gasteiger partial charge in [0, 0.05) is 6.04 Å². The van der Waals surface area contributed by atoms with Gasteiger partial charge in [0.25, 0.3) is 0 Å². The third-order valence-electron chi connectivity index (χ3n) is 4.19. The van der Waals surface area contributed by atoms with Gasteiger partial charge in [-0.3, -0.25) is 0 Å². The molecule has 0 amide bonds. The lowest BCUT2D eigenvalue weighted by Crippen LogP contribution is -2.17. The highest BCUT2D eigenvalue weighted by atomic mass is 14.9. The van der Waals surface area contributed by atoms with Crippen LogP contribution in [0.15, 0.2) is 18.2 Å². The van der Waals surface area contributed by atoms with Crippen molar-refractivity contribution >= 4 is 0 Å². The highest BCUT2D eigenvalue weighted by molar-refractivity contribution is 5.32. The quantitative estimate of drug-likeness (QED) is 0.653. The van der Waals surface area contributed by atoms with E-state index < -0.39 is 0 Å². The fourth-order valence-corrected chi connectivity index (χ4v) is 2.69. The summed E-state index contributed by atoms with van der Waals surface area (Å²) in [6.07, 6.45) is 10.4. The molecule has 2 rings (SSSR count). The lowest BCUT2D eigenvalue weighted by atomic mass is 9.96. The number of rotatable bonds is 9. The van der Waals surface area contributed by atoms with Gasteiger partial charge in [-0.05, 0) is 68.2 Å². The van der Waals surface area contributed by atoms with Crippen LogP contribution in [0.5, 0.6) is 0 Å². The third kappa shape index (κ3) is 4.99. The zero-order valence-corrected chi connectivity index (χ0v) is 12.7. The van der Waals surface area contributed by atoms with Gasteiger partial charge in [0.05, 0.1) is 0 Å². The predicted molar refractivity (Wildman–Crippen MR) is 83.8 cm³/mol. The highest BCUT2D eigenvalue weighted by Crippen LogP contribution is 2.19. The monoisotopic (exact) mass is 259 g/mol. The van der Waals surface area contributed by atoms with Crippen molar-refractivity contribution in [3.63, 3.8) is 0 Å². The average molecular weight is 259 g/mol. The van der Waals surface area contributed by atoms with Gasteiger partial charge in [0.1, 0.15) is 0 Å². The first-order valence-electron chi connectivity index (χ1n) is 8.17. The largest absolute Gasteiger partial charge is 0.314 e. The topological polar surface area (TPSA) is 12.0 Å². The molecule has 0 bridgehead atoms. The first-order chi connectivity index (χ1) is 9.33. The Hall–Kier alpha value is -0.820. The molecule has 1 nitrogen and oxygen atoms in total. The van der Waals surface area contributed by atoms with Crippen molar-refractivity contribution in [1.29, 1.82) is 0 Å². The minimum absolute atomic E-state index is 0.868. The number of nitrogens with one attached hydrogen (secondary N) is 1. The molecular formula is C18H29N. The van der Waals surface area contributed by atoms with E-state index in [1.165, 1.54) is 57.1 Å². The van der Waals surface area contributed by atoms with Crippen LogP contribution in [0.25, 0.3) is 0 Å². The van der Waals surface area contributed by atoms with Crippen LogP contribution in [0.1, 0.15) is 62.6 Å². The van der Waals surface area contributed by atoms with Gasteiger partial charge in [-0.1, -0.05) is 38.5 Å². The second kappa shape index (κ2) is 7.69. The van der Waals surface area contributed by atoms with Crippen LogP contribution in [-0.4, -0.2) is 12.6 Å². The van der Waals surface area contributed by atoms with Crippen LogP contribution in [0.2, 0.25) is 0 Å². The molecule has 0 aromatic heterocycles. The molecule has 0 heterocycles. The minimum atomic E-state index is 0.868. The summed E-state index contributed by atoms with van der Waals surface area (Å²) in [6, 6.07) is 7.93. The second-order valence-electron chi connectivity index (χ2n) is 5.85. The Labute approximate surface area is 118 Å². The fraction of sp³-hybridized carbons (Fsp3) is 0.667. The van der Waals surface area contributed by atoms with Crippen LogP contribution in [0.4, 0.5) is 0 Å². The molecule has 0 radical (unpaired) electrons. The average Bonchev–Trinajstić information content (AvgIpc) is 3.26. The zero-order valence-electron chi connectivity index (χ0n) is 12.7. The fourth-order valence-electron chi connectivity index (χ4n) is 2.69. The van der Waals surface area contributed by atoms with E-state index in [0.717, 1.165) is 12.5 Å². The van der Waals surface area contributed by atoms with Crippen LogP contribution < -0.4 is 5.32 Å². The number of unbranched alkanes of at least 4 members (excludes halogenated alkanes) is 2. The molecule has 106 valence electrons. The number of benzene rings is 1. The van der Waals surface area contributed by atoms with Gasteiger partial charge in [-0.25, -0.2) is 0 Å². The second-order valence-corrected chi connectivity index (χ2v) is 5.85. The maximum atomic E-state index is 3.60. The Morgan fingerprint density at radius 1 is 1.00 bits per heavy atom. The van der Waals surface area contributed by atoms with E-state index in [1.54, 1.807) is 11.1 Å². The first kappa shape index (κ1) is 14.6. The molecule has 1 aliphatic carbocycles. The van der Waals surface area contributed by atoms with Gasteiger partial charge in [0.2, 0.25) is 0 Å². The van der Waals surface area contributed by atoms with Crippen molar-refractivity contribution in [2.45, 2.75) is 71.3 Å². The van der Waals surface area contributed by atoms with Crippen molar-refractivity contribution in [1.82, 2.24) is 5.32 Å². The number of aryl methyl sites for hydroxylation is 3. The summed E-state index contributed by atoms with van der Waals surface area (Å²) in [5.74, 6) is 0. The van der Waals surface area contributed by atoms with E-state index in [2.05, 4.69) is 37.4 Å². The normalized spacial score (nSPS) is 14.8. The molecule has 0 aliphatic heterocycles. The molecule has 1 saturated carbocycles. The summed E-state index contributed by atoms with van der Waals surface area (Å²) >= 11 is 0. The molecule has 0 saturated heterocycles. The van der Waals surface area contributed by atoms with Gasteiger partial charge in [-0.15, -0.1) is 0 Å². The summed E-state index contributed by atoms with van der Waals surface area (Å²) in [5.41, 5.74) is 4.63. The van der Waals surface area contributed by atoms with E-state index >= 15 is 0 Å². The Balaban J connectivity index is 1.70. The molecule has 1 aliphatic rings. The van der Waals surface area contributed by atoms with Crippen molar-refractivity contribution in [2.75, 3.05) is 6.54 Å². The molecule has 1 heteroatoms. The molecule has 1 aromatic rings. The van der Waals surface area contributed by atoms with E-state index in [4.69, 9.17) is 0 Å². The van der Waals surface area contributed by atoms with Crippen molar-refractivity contribution < 1.29 is 0 Å². The number of hydrogen-bond acceptors (Lipinski definition) is 1.